The monoisotopic (exact) mass is 305 g/mol. The Kier molecular flexibility index (Phi) is 13.8. The van der Waals surface area contributed by atoms with Crippen molar-refractivity contribution in [3.05, 3.63) is 48.0 Å². The molecule has 2 aromatic carbocycles. The Morgan fingerprint density at radius 1 is 1.09 bits per heavy atom. The van der Waals surface area contributed by atoms with E-state index in [2.05, 4.69) is 54.8 Å². The molecule has 0 aliphatic heterocycles. The van der Waals surface area contributed by atoms with Gasteiger partial charge in [0, 0.05) is 0 Å². The van der Waals surface area contributed by atoms with Crippen LogP contribution in [-0.2, 0) is 9.59 Å². The molecule has 0 aliphatic rings. The SMILES string of the molecule is C=O.CC.CC(NN)C(N)=O.Cc1ccc2ccccc2c1. The van der Waals surface area contributed by atoms with Crippen molar-refractivity contribution in [3.8, 4) is 0 Å². The topological polar surface area (TPSA) is 98.2 Å². The highest BCUT2D eigenvalue weighted by atomic mass is 16.1. The van der Waals surface area contributed by atoms with Gasteiger partial charge >= 0.3 is 0 Å². The van der Waals surface area contributed by atoms with Crippen molar-refractivity contribution < 1.29 is 9.59 Å². The van der Waals surface area contributed by atoms with Crippen LogP contribution in [0.5, 0.6) is 0 Å². The van der Waals surface area contributed by atoms with Gasteiger partial charge in [0.05, 0.1) is 6.04 Å². The van der Waals surface area contributed by atoms with Crippen LogP contribution in [0.1, 0.15) is 26.3 Å². The summed E-state index contributed by atoms with van der Waals surface area (Å²) in [5.74, 6) is 4.38. The van der Waals surface area contributed by atoms with Gasteiger partial charge < -0.3 is 10.5 Å². The molecule has 1 atom stereocenters. The van der Waals surface area contributed by atoms with Crippen molar-refractivity contribution in [2.24, 2.45) is 11.6 Å². The molecular formula is C17H27N3O2. The highest BCUT2D eigenvalue weighted by Gasteiger charge is 2.01. The Bertz CT molecular complexity index is 544. The molecule has 0 bridgehead atoms. The smallest absolute Gasteiger partial charge is 0.235 e. The van der Waals surface area contributed by atoms with E-state index in [9.17, 15) is 4.79 Å². The molecule has 0 aliphatic carbocycles. The molecule has 0 saturated heterocycles. The van der Waals surface area contributed by atoms with Crippen molar-refractivity contribution in [1.82, 2.24) is 5.43 Å². The van der Waals surface area contributed by atoms with Gasteiger partial charge in [-0.15, -0.1) is 0 Å². The van der Waals surface area contributed by atoms with Crippen molar-refractivity contribution in [3.63, 3.8) is 0 Å². The predicted octanol–water partition coefficient (Wildman–Crippen LogP) is 2.31. The van der Waals surface area contributed by atoms with E-state index in [0.29, 0.717) is 0 Å². The fourth-order valence-electron chi connectivity index (χ4n) is 1.39. The minimum atomic E-state index is -0.442. The summed E-state index contributed by atoms with van der Waals surface area (Å²) in [6, 6.07) is 14.5. The molecule has 0 radical (unpaired) electrons. The molecule has 5 heteroatoms. The van der Waals surface area contributed by atoms with E-state index in [-0.39, 0.29) is 0 Å². The van der Waals surface area contributed by atoms with Gasteiger partial charge in [-0.3, -0.25) is 10.6 Å². The maximum atomic E-state index is 10.0. The number of nitrogens with two attached hydrogens (primary N) is 2. The second-order valence-corrected chi connectivity index (χ2v) is 4.14. The summed E-state index contributed by atoms with van der Waals surface area (Å²) >= 11 is 0. The van der Waals surface area contributed by atoms with Crippen LogP contribution >= 0.6 is 0 Å². The number of rotatable bonds is 2. The lowest BCUT2D eigenvalue weighted by Gasteiger charge is -2.00. The average molecular weight is 305 g/mol. The van der Waals surface area contributed by atoms with E-state index >= 15 is 0 Å². The Morgan fingerprint density at radius 2 is 1.59 bits per heavy atom. The first-order chi connectivity index (χ1) is 10.5. The number of benzene rings is 2. The Hall–Kier alpha value is -2.24. The number of hydrazine groups is 1. The number of fused-ring (bicyclic) bond motifs is 1. The van der Waals surface area contributed by atoms with Crippen LogP contribution in [0.4, 0.5) is 0 Å². The molecule has 1 unspecified atom stereocenters. The molecule has 0 saturated carbocycles. The van der Waals surface area contributed by atoms with Crippen LogP contribution in [0, 0.1) is 6.92 Å². The lowest BCUT2D eigenvalue weighted by molar-refractivity contribution is -0.119. The maximum Gasteiger partial charge on any atom is 0.235 e. The maximum absolute atomic E-state index is 10.0. The summed E-state index contributed by atoms with van der Waals surface area (Å²) in [5, 5.41) is 2.64. The summed E-state index contributed by atoms with van der Waals surface area (Å²) in [4.78, 5) is 18.0. The number of hydrogen-bond acceptors (Lipinski definition) is 4. The first-order valence-corrected chi connectivity index (χ1v) is 7.04. The van der Waals surface area contributed by atoms with E-state index in [1.54, 1.807) is 6.92 Å². The Balaban J connectivity index is 0. The number of hydrogen-bond donors (Lipinski definition) is 3. The van der Waals surface area contributed by atoms with Crippen LogP contribution in [0.15, 0.2) is 42.5 Å². The standard InChI is InChI=1S/C11H10.C3H9N3O.C2H6.CH2O/c1-9-6-7-10-4-2-3-5-11(10)8-9;1-2(6-5)3(4)7;2*1-2/h2-8H,1H3;2,6H,5H2,1H3,(H2,4,7);1-2H3;1H2. The Labute approximate surface area is 132 Å². The minimum absolute atomic E-state index is 0.431. The van der Waals surface area contributed by atoms with Gasteiger partial charge in [0.15, 0.2) is 0 Å². The number of nitrogens with one attached hydrogen (secondary N) is 1. The molecule has 0 fully saturated rings. The molecule has 0 heterocycles. The lowest BCUT2D eigenvalue weighted by Crippen LogP contribution is -2.42. The molecule has 22 heavy (non-hydrogen) atoms. The first kappa shape index (κ1) is 22.0. The molecule has 0 aromatic heterocycles. The quantitative estimate of drug-likeness (QED) is 0.585. The molecule has 5 N–H and O–H groups in total. The van der Waals surface area contributed by atoms with Crippen LogP contribution in [0.2, 0.25) is 0 Å². The number of carbonyl (C=O) groups is 2. The summed E-state index contributed by atoms with van der Waals surface area (Å²) in [5.41, 5.74) is 8.28. The molecule has 2 aromatic rings. The van der Waals surface area contributed by atoms with Gasteiger partial charge in [-0.25, -0.2) is 5.43 Å². The zero-order valence-electron chi connectivity index (χ0n) is 13.8. The lowest BCUT2D eigenvalue weighted by atomic mass is 10.1. The van der Waals surface area contributed by atoms with Crippen molar-refractivity contribution in [2.45, 2.75) is 33.7 Å². The Morgan fingerprint density at radius 3 is 2.00 bits per heavy atom. The van der Waals surface area contributed by atoms with Crippen LogP contribution < -0.4 is 17.0 Å². The third-order valence-corrected chi connectivity index (χ3v) is 2.58. The normalized spacial score (nSPS) is 9.86. The van der Waals surface area contributed by atoms with E-state index in [0.717, 1.165) is 0 Å². The second-order valence-electron chi connectivity index (χ2n) is 4.14. The highest BCUT2D eigenvalue weighted by Crippen LogP contribution is 2.14. The largest absolute Gasteiger partial charge is 0.368 e. The van der Waals surface area contributed by atoms with E-state index < -0.39 is 11.9 Å². The predicted molar refractivity (Wildman–Crippen MR) is 93.1 cm³/mol. The molecule has 1 amide bonds. The summed E-state index contributed by atoms with van der Waals surface area (Å²) < 4.78 is 0. The molecule has 2 rings (SSSR count). The van der Waals surface area contributed by atoms with Crippen molar-refractivity contribution in [1.29, 1.82) is 0 Å². The van der Waals surface area contributed by atoms with Gasteiger partial charge in [0.25, 0.3) is 0 Å². The van der Waals surface area contributed by atoms with Crippen molar-refractivity contribution >= 4 is 23.5 Å². The highest BCUT2D eigenvalue weighted by molar-refractivity contribution is 5.82. The third kappa shape index (κ3) is 8.84. The zero-order chi connectivity index (χ0) is 17.5. The van der Waals surface area contributed by atoms with Gasteiger partial charge in [0.1, 0.15) is 6.79 Å². The number of primary amides is 1. The van der Waals surface area contributed by atoms with E-state index in [4.69, 9.17) is 16.4 Å². The van der Waals surface area contributed by atoms with Crippen LogP contribution in [-0.4, -0.2) is 18.7 Å². The average Bonchev–Trinajstić information content (AvgIpc) is 2.58. The number of amides is 1. The van der Waals surface area contributed by atoms with Crippen molar-refractivity contribution in [2.75, 3.05) is 0 Å². The summed E-state index contributed by atoms with van der Waals surface area (Å²) in [6.07, 6.45) is 0. The van der Waals surface area contributed by atoms with Gasteiger partial charge in [-0.1, -0.05) is 61.9 Å². The molecular weight excluding hydrogens is 278 g/mol. The van der Waals surface area contributed by atoms with Crippen LogP contribution in [0.3, 0.4) is 0 Å². The number of aryl methyl sites for hydroxylation is 1. The van der Waals surface area contributed by atoms with Gasteiger partial charge in [-0.2, -0.15) is 0 Å². The third-order valence-electron chi connectivity index (χ3n) is 2.58. The van der Waals surface area contributed by atoms with E-state index in [1.807, 2.05) is 20.6 Å². The minimum Gasteiger partial charge on any atom is -0.368 e. The molecule has 5 nitrogen and oxygen atoms in total. The molecule has 0 spiro atoms. The summed E-state index contributed by atoms with van der Waals surface area (Å²) in [6.45, 7) is 9.70. The van der Waals surface area contributed by atoms with Gasteiger partial charge in [0.2, 0.25) is 5.91 Å². The second kappa shape index (κ2) is 13.7. The van der Waals surface area contributed by atoms with Crippen LogP contribution in [0.25, 0.3) is 10.8 Å². The number of carbonyl (C=O) groups excluding carboxylic acids is 2. The zero-order valence-corrected chi connectivity index (χ0v) is 13.8. The fourth-order valence-corrected chi connectivity index (χ4v) is 1.39. The van der Waals surface area contributed by atoms with Gasteiger partial charge in [-0.05, 0) is 24.6 Å². The van der Waals surface area contributed by atoms with E-state index in [1.165, 1.54) is 16.3 Å². The fraction of sp³-hybridized carbons (Fsp3) is 0.294. The summed E-state index contributed by atoms with van der Waals surface area (Å²) in [7, 11) is 0. The molecule has 122 valence electrons. The first-order valence-electron chi connectivity index (χ1n) is 7.04.